The molecule has 0 aromatic carbocycles. The molecule has 0 amide bonds. The van der Waals surface area contributed by atoms with Gasteiger partial charge in [0.1, 0.15) is 0 Å². The molecule has 0 aliphatic carbocycles. The van der Waals surface area contributed by atoms with Gasteiger partial charge in [-0.2, -0.15) is 0 Å². The molecular weight excluding hydrogens is 190 g/mol. The van der Waals surface area contributed by atoms with Crippen LogP contribution in [0, 0.1) is 0 Å². The Morgan fingerprint density at radius 3 is 2.67 bits per heavy atom. The Morgan fingerprint density at radius 1 is 1.53 bits per heavy atom. The molecule has 15 heavy (non-hydrogen) atoms. The smallest absolute Gasteiger partial charge is 0.191 e. The zero-order valence-electron chi connectivity index (χ0n) is 9.82. The molecule has 0 aliphatic heterocycles. The second-order valence-electron chi connectivity index (χ2n) is 4.63. The van der Waals surface area contributed by atoms with E-state index in [0.29, 0.717) is 12.5 Å². The van der Waals surface area contributed by atoms with Gasteiger partial charge in [-0.05, 0) is 26.8 Å². The molecule has 0 atom stereocenters. The summed E-state index contributed by atoms with van der Waals surface area (Å²) >= 11 is 0. The second-order valence-corrected chi connectivity index (χ2v) is 4.63. The average molecular weight is 209 g/mol. The summed E-state index contributed by atoms with van der Waals surface area (Å²) in [5.74, 6) is 0.545. The summed E-state index contributed by atoms with van der Waals surface area (Å²) in [6.07, 6.45) is 3.36. The number of nitrogens with two attached hydrogens (primary N) is 1. The van der Waals surface area contributed by atoms with Crippen LogP contribution in [-0.2, 0) is 6.54 Å². The van der Waals surface area contributed by atoms with Crippen LogP contribution in [0.4, 0.5) is 0 Å². The fourth-order valence-electron chi connectivity index (χ4n) is 1.17. The van der Waals surface area contributed by atoms with E-state index in [1.54, 1.807) is 12.5 Å². The van der Waals surface area contributed by atoms with Crippen molar-refractivity contribution < 1.29 is 4.42 Å². The topological polar surface area (TPSA) is 54.8 Å². The van der Waals surface area contributed by atoms with E-state index in [0.717, 1.165) is 5.56 Å². The standard InChI is InChI=1S/C11H19N3O/c1-11(2,3)13-10(12)14(4)7-9-5-6-15-8-9/h5-6,8H,7H2,1-4H3,(H2,12,13). The van der Waals surface area contributed by atoms with Gasteiger partial charge in [-0.3, -0.25) is 0 Å². The first-order chi connectivity index (χ1) is 6.88. The van der Waals surface area contributed by atoms with Crippen LogP contribution in [0.1, 0.15) is 26.3 Å². The maximum absolute atomic E-state index is 5.87. The molecule has 0 radical (unpaired) electrons. The number of nitrogens with zero attached hydrogens (tertiary/aromatic N) is 2. The van der Waals surface area contributed by atoms with Crippen molar-refractivity contribution in [2.45, 2.75) is 32.9 Å². The first-order valence-electron chi connectivity index (χ1n) is 4.96. The third-order valence-corrected chi connectivity index (χ3v) is 1.84. The molecule has 0 saturated heterocycles. The molecule has 1 heterocycles. The summed E-state index contributed by atoms with van der Waals surface area (Å²) < 4.78 is 4.99. The van der Waals surface area contributed by atoms with E-state index in [2.05, 4.69) is 4.99 Å². The third-order valence-electron chi connectivity index (χ3n) is 1.84. The highest BCUT2D eigenvalue weighted by Gasteiger charge is 2.11. The van der Waals surface area contributed by atoms with Gasteiger partial charge in [0.15, 0.2) is 5.96 Å². The summed E-state index contributed by atoms with van der Waals surface area (Å²) in [7, 11) is 1.91. The predicted molar refractivity (Wildman–Crippen MR) is 61.6 cm³/mol. The molecule has 4 heteroatoms. The minimum absolute atomic E-state index is 0.144. The van der Waals surface area contributed by atoms with E-state index in [9.17, 15) is 0 Å². The van der Waals surface area contributed by atoms with Gasteiger partial charge < -0.3 is 15.1 Å². The Labute approximate surface area is 90.8 Å². The molecule has 0 bridgehead atoms. The van der Waals surface area contributed by atoms with E-state index in [1.165, 1.54) is 0 Å². The molecule has 0 aliphatic rings. The van der Waals surface area contributed by atoms with Crippen molar-refractivity contribution in [3.8, 4) is 0 Å². The van der Waals surface area contributed by atoms with Gasteiger partial charge in [-0.25, -0.2) is 4.99 Å². The quantitative estimate of drug-likeness (QED) is 0.597. The van der Waals surface area contributed by atoms with E-state index in [4.69, 9.17) is 10.2 Å². The van der Waals surface area contributed by atoms with Gasteiger partial charge in [0.25, 0.3) is 0 Å². The van der Waals surface area contributed by atoms with Crippen LogP contribution < -0.4 is 5.73 Å². The summed E-state index contributed by atoms with van der Waals surface area (Å²) in [5.41, 5.74) is 6.81. The summed E-state index contributed by atoms with van der Waals surface area (Å²) in [6.45, 7) is 6.77. The molecule has 0 saturated carbocycles. The molecule has 0 fully saturated rings. The van der Waals surface area contributed by atoms with Gasteiger partial charge in [-0.1, -0.05) is 0 Å². The van der Waals surface area contributed by atoms with Crippen LogP contribution in [0.2, 0.25) is 0 Å². The van der Waals surface area contributed by atoms with Crippen LogP contribution in [-0.4, -0.2) is 23.4 Å². The zero-order valence-corrected chi connectivity index (χ0v) is 9.82. The van der Waals surface area contributed by atoms with E-state index in [-0.39, 0.29) is 5.54 Å². The largest absolute Gasteiger partial charge is 0.472 e. The molecule has 4 nitrogen and oxygen atoms in total. The second kappa shape index (κ2) is 4.38. The molecule has 1 rings (SSSR count). The Morgan fingerprint density at radius 2 is 2.20 bits per heavy atom. The van der Waals surface area contributed by atoms with Crippen molar-refractivity contribution in [1.82, 2.24) is 4.90 Å². The number of hydrogen-bond donors (Lipinski definition) is 1. The fraction of sp³-hybridized carbons (Fsp3) is 0.545. The molecule has 0 spiro atoms. The summed E-state index contributed by atoms with van der Waals surface area (Å²) in [6, 6.07) is 1.92. The normalized spacial score (nSPS) is 12.9. The monoisotopic (exact) mass is 209 g/mol. The number of rotatable bonds is 2. The van der Waals surface area contributed by atoms with Crippen LogP contribution in [0.25, 0.3) is 0 Å². The molecule has 0 unspecified atom stereocenters. The summed E-state index contributed by atoms with van der Waals surface area (Å²) in [5, 5.41) is 0. The first kappa shape index (κ1) is 11.6. The highest BCUT2D eigenvalue weighted by atomic mass is 16.3. The van der Waals surface area contributed by atoms with Crippen molar-refractivity contribution in [3.63, 3.8) is 0 Å². The predicted octanol–water partition coefficient (Wildman–Crippen LogP) is 1.82. The third kappa shape index (κ3) is 4.06. The Hall–Kier alpha value is -1.45. The van der Waals surface area contributed by atoms with E-state index >= 15 is 0 Å². The molecular formula is C11H19N3O. The number of furan rings is 1. The number of guanidine groups is 1. The maximum atomic E-state index is 5.87. The Bertz CT molecular complexity index is 322. The van der Waals surface area contributed by atoms with Gasteiger partial charge in [0.05, 0.1) is 18.1 Å². The summed E-state index contributed by atoms with van der Waals surface area (Å²) in [4.78, 5) is 6.28. The van der Waals surface area contributed by atoms with Crippen molar-refractivity contribution >= 4 is 5.96 Å². The lowest BCUT2D eigenvalue weighted by Gasteiger charge is -2.21. The van der Waals surface area contributed by atoms with Crippen molar-refractivity contribution in [3.05, 3.63) is 24.2 Å². The van der Waals surface area contributed by atoms with Gasteiger partial charge in [0.2, 0.25) is 0 Å². The lowest BCUT2D eigenvalue weighted by atomic mass is 10.1. The lowest BCUT2D eigenvalue weighted by molar-refractivity contribution is 0.469. The first-order valence-corrected chi connectivity index (χ1v) is 4.96. The minimum atomic E-state index is -0.144. The van der Waals surface area contributed by atoms with Crippen molar-refractivity contribution in [1.29, 1.82) is 0 Å². The Kier molecular flexibility index (Phi) is 3.39. The fourth-order valence-corrected chi connectivity index (χ4v) is 1.17. The number of aliphatic imine (C=N–C) groups is 1. The molecule has 84 valence electrons. The average Bonchev–Trinajstić information content (AvgIpc) is 2.53. The van der Waals surface area contributed by atoms with E-state index < -0.39 is 0 Å². The maximum Gasteiger partial charge on any atom is 0.191 e. The molecule has 1 aromatic heterocycles. The number of hydrogen-bond acceptors (Lipinski definition) is 2. The van der Waals surface area contributed by atoms with Crippen molar-refractivity contribution in [2.24, 2.45) is 10.7 Å². The van der Waals surface area contributed by atoms with Crippen LogP contribution in [0.3, 0.4) is 0 Å². The zero-order chi connectivity index (χ0) is 11.5. The van der Waals surface area contributed by atoms with Gasteiger partial charge >= 0.3 is 0 Å². The van der Waals surface area contributed by atoms with Crippen molar-refractivity contribution in [2.75, 3.05) is 7.05 Å². The minimum Gasteiger partial charge on any atom is -0.472 e. The van der Waals surface area contributed by atoms with Gasteiger partial charge in [0, 0.05) is 19.2 Å². The van der Waals surface area contributed by atoms with Crippen LogP contribution >= 0.6 is 0 Å². The molecule has 1 aromatic rings. The SMILES string of the molecule is CN(Cc1ccoc1)C(N)=NC(C)(C)C. The van der Waals surface area contributed by atoms with Crippen LogP contribution in [0.5, 0.6) is 0 Å². The lowest BCUT2D eigenvalue weighted by Crippen LogP contribution is -2.35. The highest BCUT2D eigenvalue weighted by Crippen LogP contribution is 2.08. The van der Waals surface area contributed by atoms with Gasteiger partial charge in [-0.15, -0.1) is 0 Å². The highest BCUT2D eigenvalue weighted by molar-refractivity contribution is 5.78. The molecule has 2 N–H and O–H groups in total. The van der Waals surface area contributed by atoms with E-state index in [1.807, 2.05) is 38.8 Å². The van der Waals surface area contributed by atoms with Crippen LogP contribution in [0.15, 0.2) is 28.0 Å². The Balaban J connectivity index is 2.61.